The van der Waals surface area contributed by atoms with Gasteiger partial charge in [0.25, 0.3) is 0 Å². The molecule has 1 saturated heterocycles. The number of nitrogens with zero attached hydrogens (tertiary/aromatic N) is 2. The molecular formula is C22H21F3N2O2S2. The van der Waals surface area contributed by atoms with Crippen LogP contribution in [0.1, 0.15) is 24.0 Å². The number of sulfone groups is 1. The molecular weight excluding hydrogens is 445 g/mol. The molecule has 1 aliphatic heterocycles. The lowest BCUT2D eigenvalue weighted by molar-refractivity contribution is -0.137. The van der Waals surface area contributed by atoms with Crippen LogP contribution in [-0.4, -0.2) is 31.7 Å². The molecule has 9 heteroatoms. The fourth-order valence-electron chi connectivity index (χ4n) is 3.75. The highest BCUT2D eigenvalue weighted by Gasteiger charge is 2.35. The van der Waals surface area contributed by atoms with Crippen LogP contribution >= 0.6 is 11.3 Å². The van der Waals surface area contributed by atoms with E-state index in [1.165, 1.54) is 17.4 Å². The van der Waals surface area contributed by atoms with Crippen LogP contribution in [0.2, 0.25) is 0 Å². The number of halogens is 3. The smallest absolute Gasteiger partial charge is 0.348 e. The first-order chi connectivity index (χ1) is 14.6. The van der Waals surface area contributed by atoms with Crippen LogP contribution < -0.4 is 4.90 Å². The summed E-state index contributed by atoms with van der Waals surface area (Å²) in [5, 5.41) is 2.10. The van der Waals surface area contributed by atoms with Crippen molar-refractivity contribution in [2.45, 2.75) is 36.1 Å². The zero-order valence-corrected chi connectivity index (χ0v) is 18.4. The predicted molar refractivity (Wildman–Crippen MR) is 116 cm³/mol. The van der Waals surface area contributed by atoms with E-state index >= 15 is 0 Å². The van der Waals surface area contributed by atoms with Crippen molar-refractivity contribution < 1.29 is 21.6 Å². The van der Waals surface area contributed by atoms with Gasteiger partial charge in [0.05, 0.1) is 21.4 Å². The SMILES string of the molecule is Cc1cccc(-c2csc(N3CCC(S(=O)(=O)c4cccc(C(F)(F)F)c4)CC3)n2)c1. The molecule has 1 aromatic heterocycles. The molecule has 2 heterocycles. The van der Waals surface area contributed by atoms with Gasteiger partial charge in [-0.25, -0.2) is 13.4 Å². The topological polar surface area (TPSA) is 50.3 Å². The van der Waals surface area contributed by atoms with E-state index in [0.717, 1.165) is 40.2 Å². The summed E-state index contributed by atoms with van der Waals surface area (Å²) in [4.78, 5) is 6.48. The Hall–Kier alpha value is -2.39. The number of aromatic nitrogens is 1. The maximum absolute atomic E-state index is 13.0. The Morgan fingerprint density at radius 2 is 1.77 bits per heavy atom. The minimum Gasteiger partial charge on any atom is -0.348 e. The second kappa shape index (κ2) is 8.27. The van der Waals surface area contributed by atoms with E-state index in [4.69, 9.17) is 4.98 Å². The standard InChI is InChI=1S/C22H21F3N2O2S2/c1-15-4-2-5-16(12-15)20-14-30-21(26-20)27-10-8-18(9-11-27)31(28,29)19-7-3-6-17(13-19)22(23,24)25/h2-7,12-14,18H,8-11H2,1H3. The molecule has 0 atom stereocenters. The Balaban J connectivity index is 1.46. The highest BCUT2D eigenvalue weighted by molar-refractivity contribution is 7.92. The summed E-state index contributed by atoms with van der Waals surface area (Å²) in [5.74, 6) is 0. The average molecular weight is 467 g/mol. The van der Waals surface area contributed by atoms with E-state index in [9.17, 15) is 21.6 Å². The maximum Gasteiger partial charge on any atom is 0.416 e. The van der Waals surface area contributed by atoms with E-state index in [1.54, 1.807) is 0 Å². The number of thiazole rings is 1. The number of anilines is 1. The summed E-state index contributed by atoms with van der Waals surface area (Å²) in [6.45, 7) is 3.00. The van der Waals surface area contributed by atoms with Crippen LogP contribution in [0.4, 0.5) is 18.3 Å². The Morgan fingerprint density at radius 3 is 2.45 bits per heavy atom. The van der Waals surface area contributed by atoms with Crippen molar-refractivity contribution in [1.82, 2.24) is 4.98 Å². The lowest BCUT2D eigenvalue weighted by Crippen LogP contribution is -2.39. The van der Waals surface area contributed by atoms with E-state index in [0.29, 0.717) is 25.9 Å². The normalized spacial score (nSPS) is 15.9. The summed E-state index contributed by atoms with van der Waals surface area (Å²) in [6, 6.07) is 12.1. The molecule has 31 heavy (non-hydrogen) atoms. The van der Waals surface area contributed by atoms with Crippen molar-refractivity contribution >= 4 is 26.3 Å². The summed E-state index contributed by atoms with van der Waals surface area (Å²) >= 11 is 1.51. The maximum atomic E-state index is 13.0. The van der Waals surface area contributed by atoms with Crippen LogP contribution in [0, 0.1) is 6.92 Å². The van der Waals surface area contributed by atoms with Gasteiger partial charge in [-0.2, -0.15) is 13.2 Å². The van der Waals surface area contributed by atoms with Gasteiger partial charge in [0.2, 0.25) is 0 Å². The number of hydrogen-bond donors (Lipinski definition) is 0. The van der Waals surface area contributed by atoms with Gasteiger partial charge in [0.1, 0.15) is 0 Å². The van der Waals surface area contributed by atoms with Crippen LogP contribution in [-0.2, 0) is 16.0 Å². The minimum atomic E-state index is -4.57. The molecule has 0 radical (unpaired) electrons. The van der Waals surface area contributed by atoms with Crippen LogP contribution in [0.15, 0.2) is 58.8 Å². The molecule has 3 aromatic rings. The third-order valence-electron chi connectivity index (χ3n) is 5.45. The third kappa shape index (κ3) is 4.62. The lowest BCUT2D eigenvalue weighted by Gasteiger charge is -2.31. The largest absolute Gasteiger partial charge is 0.416 e. The molecule has 164 valence electrons. The molecule has 0 saturated carbocycles. The minimum absolute atomic E-state index is 0.267. The molecule has 2 aromatic carbocycles. The van der Waals surface area contributed by atoms with E-state index < -0.39 is 26.8 Å². The summed E-state index contributed by atoms with van der Waals surface area (Å²) in [6.07, 6.45) is -3.88. The van der Waals surface area contributed by atoms with Gasteiger partial charge < -0.3 is 4.90 Å². The number of benzene rings is 2. The first-order valence-electron chi connectivity index (χ1n) is 9.83. The number of piperidine rings is 1. The average Bonchev–Trinajstić information content (AvgIpc) is 3.24. The quantitative estimate of drug-likeness (QED) is 0.504. The number of alkyl halides is 3. The van der Waals surface area contributed by atoms with Crippen LogP contribution in [0.3, 0.4) is 0 Å². The summed E-state index contributed by atoms with van der Waals surface area (Å²) in [5.41, 5.74) is 2.11. The van der Waals surface area contributed by atoms with Crippen molar-refractivity contribution in [2.24, 2.45) is 0 Å². The third-order valence-corrected chi connectivity index (χ3v) is 8.61. The molecule has 0 unspecified atom stereocenters. The molecule has 0 bridgehead atoms. The number of aryl methyl sites for hydroxylation is 1. The van der Waals surface area contributed by atoms with Gasteiger partial charge >= 0.3 is 6.18 Å². The molecule has 0 N–H and O–H groups in total. The second-order valence-electron chi connectivity index (χ2n) is 7.64. The highest BCUT2D eigenvalue weighted by Crippen LogP contribution is 2.34. The molecule has 0 aliphatic carbocycles. The molecule has 4 nitrogen and oxygen atoms in total. The Kier molecular flexibility index (Phi) is 5.83. The zero-order chi connectivity index (χ0) is 22.2. The number of rotatable bonds is 4. The van der Waals surface area contributed by atoms with E-state index in [2.05, 4.69) is 6.07 Å². The molecule has 1 aliphatic rings. The Bertz CT molecular complexity index is 1180. The highest BCUT2D eigenvalue weighted by atomic mass is 32.2. The predicted octanol–water partition coefficient (Wildman–Crippen LogP) is 5.58. The Labute approximate surface area is 183 Å². The van der Waals surface area contributed by atoms with Crippen LogP contribution in [0.5, 0.6) is 0 Å². The molecule has 1 fully saturated rings. The fraction of sp³-hybridized carbons (Fsp3) is 0.318. The van der Waals surface area contributed by atoms with Crippen molar-refractivity contribution in [3.8, 4) is 11.3 Å². The monoisotopic (exact) mass is 466 g/mol. The van der Waals surface area contributed by atoms with Gasteiger partial charge in [0.15, 0.2) is 15.0 Å². The van der Waals surface area contributed by atoms with Gasteiger partial charge in [-0.3, -0.25) is 0 Å². The first-order valence-corrected chi connectivity index (χ1v) is 12.3. The van der Waals surface area contributed by atoms with Gasteiger partial charge in [-0.05, 0) is 44.0 Å². The fourth-order valence-corrected chi connectivity index (χ4v) is 6.41. The van der Waals surface area contributed by atoms with Crippen molar-refractivity contribution in [2.75, 3.05) is 18.0 Å². The second-order valence-corrected chi connectivity index (χ2v) is 10.7. The van der Waals surface area contributed by atoms with Gasteiger partial charge in [-0.15, -0.1) is 11.3 Å². The molecule has 4 rings (SSSR count). The number of hydrogen-bond acceptors (Lipinski definition) is 5. The van der Waals surface area contributed by atoms with E-state index in [-0.39, 0.29) is 4.90 Å². The van der Waals surface area contributed by atoms with E-state index in [1.807, 2.05) is 35.4 Å². The Morgan fingerprint density at radius 1 is 1.06 bits per heavy atom. The molecule has 0 amide bonds. The van der Waals surface area contributed by atoms with Crippen molar-refractivity contribution in [1.29, 1.82) is 0 Å². The van der Waals surface area contributed by atoms with Crippen molar-refractivity contribution in [3.05, 3.63) is 65.0 Å². The summed E-state index contributed by atoms with van der Waals surface area (Å²) < 4.78 is 64.8. The molecule has 0 spiro atoms. The summed E-state index contributed by atoms with van der Waals surface area (Å²) in [7, 11) is -3.84. The van der Waals surface area contributed by atoms with Crippen LogP contribution in [0.25, 0.3) is 11.3 Å². The van der Waals surface area contributed by atoms with Gasteiger partial charge in [0, 0.05) is 24.0 Å². The van der Waals surface area contributed by atoms with Crippen molar-refractivity contribution in [3.63, 3.8) is 0 Å². The lowest BCUT2D eigenvalue weighted by atomic mass is 10.1. The zero-order valence-electron chi connectivity index (χ0n) is 16.8. The van der Waals surface area contributed by atoms with Gasteiger partial charge in [-0.1, -0.05) is 29.8 Å². The first kappa shape index (κ1) is 21.8.